The van der Waals surface area contributed by atoms with Crippen molar-refractivity contribution in [3.8, 4) is 0 Å². The standard InChI is InChI=1S/C13H20N2O4S/c1-6(4-14)20-5-8-3-9-10(7(2)16)12(17)15(9)11(8)13(18)19/h6-7,9-10,16H,3-5,14H2,1-2H3,(H,18,19)/t6-,7-,9-,10-/m1/s1. The topological polar surface area (TPSA) is 104 Å². The van der Waals surface area contributed by atoms with Crippen molar-refractivity contribution >= 4 is 23.6 Å². The number of rotatable bonds is 6. The molecule has 2 aliphatic rings. The molecule has 2 aliphatic heterocycles. The molecule has 0 radical (unpaired) electrons. The van der Waals surface area contributed by atoms with E-state index < -0.39 is 18.0 Å². The van der Waals surface area contributed by atoms with Gasteiger partial charge < -0.3 is 20.8 Å². The Labute approximate surface area is 122 Å². The van der Waals surface area contributed by atoms with E-state index in [1.165, 1.54) is 4.90 Å². The smallest absolute Gasteiger partial charge is 0.352 e. The highest BCUT2D eigenvalue weighted by Gasteiger charge is 2.56. The molecule has 20 heavy (non-hydrogen) atoms. The molecule has 0 aromatic carbocycles. The van der Waals surface area contributed by atoms with Crippen molar-refractivity contribution in [2.45, 2.75) is 37.7 Å². The molecule has 0 bridgehead atoms. The monoisotopic (exact) mass is 300 g/mol. The highest BCUT2D eigenvalue weighted by molar-refractivity contribution is 8.00. The molecular weight excluding hydrogens is 280 g/mol. The van der Waals surface area contributed by atoms with Crippen LogP contribution in [0, 0.1) is 5.92 Å². The third-order valence-corrected chi connectivity index (χ3v) is 5.17. The number of nitrogens with two attached hydrogens (primary N) is 1. The first-order valence-corrected chi connectivity index (χ1v) is 7.71. The minimum atomic E-state index is -1.07. The largest absolute Gasteiger partial charge is 0.477 e. The van der Waals surface area contributed by atoms with E-state index in [9.17, 15) is 19.8 Å². The number of carbonyl (C=O) groups excluding carboxylic acids is 1. The van der Waals surface area contributed by atoms with Gasteiger partial charge in [-0.05, 0) is 18.9 Å². The number of carboxylic acid groups (broad SMARTS) is 1. The summed E-state index contributed by atoms with van der Waals surface area (Å²) < 4.78 is 0. The van der Waals surface area contributed by atoms with Gasteiger partial charge in [-0.3, -0.25) is 4.79 Å². The zero-order valence-corrected chi connectivity index (χ0v) is 12.4. The van der Waals surface area contributed by atoms with Gasteiger partial charge in [0, 0.05) is 17.5 Å². The van der Waals surface area contributed by atoms with Crippen LogP contribution in [0.1, 0.15) is 20.3 Å². The van der Waals surface area contributed by atoms with Gasteiger partial charge >= 0.3 is 5.97 Å². The molecule has 0 unspecified atom stereocenters. The Morgan fingerprint density at radius 2 is 2.20 bits per heavy atom. The minimum absolute atomic E-state index is 0.105. The lowest BCUT2D eigenvalue weighted by atomic mass is 9.83. The molecule has 0 aromatic rings. The van der Waals surface area contributed by atoms with Crippen LogP contribution in [0.4, 0.5) is 0 Å². The Balaban J connectivity index is 2.15. The lowest BCUT2D eigenvalue weighted by Gasteiger charge is -2.44. The second-order valence-electron chi connectivity index (χ2n) is 5.36. The molecule has 4 atom stereocenters. The average Bonchev–Trinajstić information content (AvgIpc) is 2.69. The summed E-state index contributed by atoms with van der Waals surface area (Å²) in [4.78, 5) is 24.7. The number of carboxylic acids is 1. The fourth-order valence-electron chi connectivity index (χ4n) is 2.80. The molecule has 0 aromatic heterocycles. The van der Waals surface area contributed by atoms with E-state index >= 15 is 0 Å². The van der Waals surface area contributed by atoms with Crippen molar-refractivity contribution in [1.29, 1.82) is 0 Å². The maximum Gasteiger partial charge on any atom is 0.352 e. The summed E-state index contributed by atoms with van der Waals surface area (Å²) in [5.41, 5.74) is 6.42. The van der Waals surface area contributed by atoms with Crippen LogP contribution in [0.3, 0.4) is 0 Å². The van der Waals surface area contributed by atoms with Crippen molar-refractivity contribution in [3.63, 3.8) is 0 Å². The van der Waals surface area contributed by atoms with E-state index in [4.69, 9.17) is 5.73 Å². The lowest BCUT2D eigenvalue weighted by Crippen LogP contribution is -2.61. The molecule has 1 saturated heterocycles. The Morgan fingerprint density at radius 1 is 1.55 bits per heavy atom. The maximum absolute atomic E-state index is 12.0. The number of aliphatic hydroxyl groups excluding tert-OH is 1. The fraction of sp³-hybridized carbons (Fsp3) is 0.692. The Hall–Kier alpha value is -1.05. The zero-order valence-electron chi connectivity index (χ0n) is 11.6. The second-order valence-corrected chi connectivity index (χ2v) is 6.79. The van der Waals surface area contributed by atoms with Crippen LogP contribution in [0.2, 0.25) is 0 Å². The predicted molar refractivity (Wildman–Crippen MR) is 76.1 cm³/mol. The third kappa shape index (κ3) is 2.45. The van der Waals surface area contributed by atoms with Gasteiger partial charge in [0.2, 0.25) is 5.91 Å². The highest BCUT2D eigenvalue weighted by Crippen LogP contribution is 2.44. The normalized spacial score (nSPS) is 28.2. The summed E-state index contributed by atoms with van der Waals surface area (Å²) >= 11 is 1.59. The van der Waals surface area contributed by atoms with Gasteiger partial charge in [-0.15, -0.1) is 0 Å². The van der Waals surface area contributed by atoms with Gasteiger partial charge in [0.05, 0.1) is 18.1 Å². The molecule has 7 heteroatoms. The van der Waals surface area contributed by atoms with E-state index in [0.717, 1.165) is 5.57 Å². The van der Waals surface area contributed by atoms with Gasteiger partial charge in [0.25, 0.3) is 0 Å². The summed E-state index contributed by atoms with van der Waals surface area (Å²) in [6.45, 7) is 4.09. The van der Waals surface area contributed by atoms with Crippen LogP contribution in [0.5, 0.6) is 0 Å². The third-order valence-electron chi connectivity index (χ3n) is 3.90. The van der Waals surface area contributed by atoms with Gasteiger partial charge in [-0.25, -0.2) is 4.79 Å². The number of nitrogens with zero attached hydrogens (tertiary/aromatic N) is 1. The Bertz CT molecular complexity index is 463. The van der Waals surface area contributed by atoms with E-state index in [1.54, 1.807) is 18.7 Å². The molecule has 2 heterocycles. The van der Waals surface area contributed by atoms with Crippen LogP contribution in [-0.4, -0.2) is 56.7 Å². The first-order chi connectivity index (χ1) is 9.38. The minimum Gasteiger partial charge on any atom is -0.477 e. The molecule has 6 nitrogen and oxygen atoms in total. The summed E-state index contributed by atoms with van der Waals surface area (Å²) in [5.74, 6) is -1.26. The maximum atomic E-state index is 12.0. The molecule has 0 spiro atoms. The first kappa shape index (κ1) is 15.3. The van der Waals surface area contributed by atoms with Gasteiger partial charge in [0.1, 0.15) is 5.70 Å². The summed E-state index contributed by atoms with van der Waals surface area (Å²) in [7, 11) is 0. The number of amides is 1. The number of hydrogen-bond acceptors (Lipinski definition) is 5. The Morgan fingerprint density at radius 3 is 2.70 bits per heavy atom. The zero-order chi connectivity index (χ0) is 15.0. The molecule has 4 N–H and O–H groups in total. The number of hydrogen-bond donors (Lipinski definition) is 3. The van der Waals surface area contributed by atoms with E-state index in [0.29, 0.717) is 18.7 Å². The van der Waals surface area contributed by atoms with E-state index in [-0.39, 0.29) is 22.9 Å². The van der Waals surface area contributed by atoms with Crippen LogP contribution in [0.15, 0.2) is 11.3 Å². The van der Waals surface area contributed by atoms with Crippen molar-refractivity contribution < 1.29 is 19.8 Å². The van der Waals surface area contributed by atoms with Crippen molar-refractivity contribution in [2.75, 3.05) is 12.3 Å². The molecule has 2 rings (SSSR count). The van der Waals surface area contributed by atoms with Gasteiger partial charge in [0.15, 0.2) is 0 Å². The average molecular weight is 300 g/mol. The fourth-order valence-corrected chi connectivity index (χ4v) is 3.68. The quantitative estimate of drug-likeness (QED) is 0.597. The number of β-lactam (4-membered cyclic amide) rings is 1. The summed E-state index contributed by atoms with van der Waals surface area (Å²) in [6, 6.07) is -0.197. The van der Waals surface area contributed by atoms with Crippen molar-refractivity contribution in [2.24, 2.45) is 11.7 Å². The molecule has 1 amide bonds. The van der Waals surface area contributed by atoms with E-state index in [2.05, 4.69) is 0 Å². The second kappa shape index (κ2) is 5.75. The molecule has 112 valence electrons. The predicted octanol–water partition coefficient (Wildman–Crippen LogP) is 0.0170. The van der Waals surface area contributed by atoms with Crippen LogP contribution in [0.25, 0.3) is 0 Å². The lowest BCUT2D eigenvalue weighted by molar-refractivity contribution is -0.161. The van der Waals surface area contributed by atoms with Crippen molar-refractivity contribution in [3.05, 3.63) is 11.3 Å². The Kier molecular flexibility index (Phi) is 4.41. The SMILES string of the molecule is C[C@H](CN)SCC1=C(C(=O)O)N2C(=O)[C@H]([C@@H](C)O)[C@H]2C1. The summed E-state index contributed by atoms with van der Waals surface area (Å²) in [5, 5.41) is 19.2. The number of aliphatic carboxylic acids is 1. The molecule has 1 fully saturated rings. The van der Waals surface area contributed by atoms with Crippen molar-refractivity contribution in [1.82, 2.24) is 4.90 Å². The molecule has 0 aliphatic carbocycles. The first-order valence-electron chi connectivity index (χ1n) is 6.66. The molecular formula is C13H20N2O4S. The molecule has 0 saturated carbocycles. The number of fused-ring (bicyclic) bond motifs is 1. The summed E-state index contributed by atoms with van der Waals surface area (Å²) in [6.07, 6.45) is -0.207. The highest BCUT2D eigenvalue weighted by atomic mass is 32.2. The number of thioether (sulfide) groups is 1. The number of carbonyl (C=O) groups is 2. The van der Waals surface area contributed by atoms with Gasteiger partial charge in [-0.2, -0.15) is 11.8 Å². The number of aliphatic hydroxyl groups is 1. The van der Waals surface area contributed by atoms with Crippen LogP contribution < -0.4 is 5.73 Å². The van der Waals surface area contributed by atoms with Crippen LogP contribution in [-0.2, 0) is 9.59 Å². The van der Waals surface area contributed by atoms with Gasteiger partial charge in [-0.1, -0.05) is 6.92 Å². The van der Waals surface area contributed by atoms with Crippen LogP contribution >= 0.6 is 11.8 Å². The van der Waals surface area contributed by atoms with E-state index in [1.807, 2.05) is 6.92 Å².